The van der Waals surface area contributed by atoms with Gasteiger partial charge in [0.1, 0.15) is 18.2 Å². The molecule has 0 fully saturated rings. The van der Waals surface area contributed by atoms with Crippen LogP contribution in [-0.4, -0.2) is 17.9 Å². The largest absolute Gasteiger partial charge is 0.459 e. The summed E-state index contributed by atoms with van der Waals surface area (Å²) < 4.78 is 10.9. The van der Waals surface area contributed by atoms with Crippen molar-refractivity contribution in [2.75, 3.05) is 0 Å². The van der Waals surface area contributed by atoms with Crippen molar-refractivity contribution >= 4 is 22.8 Å². The third-order valence-corrected chi connectivity index (χ3v) is 5.66. The monoisotopic (exact) mass is 419 g/mol. The first-order chi connectivity index (χ1) is 14.9. The van der Waals surface area contributed by atoms with Crippen molar-refractivity contribution in [3.8, 4) is 0 Å². The number of esters is 1. The Morgan fingerprint density at radius 1 is 1.06 bits per heavy atom. The molecule has 1 atom stereocenters. The number of hydrogen-bond acceptors (Lipinski definition) is 5. The molecule has 160 valence electrons. The second kappa shape index (κ2) is 8.76. The first kappa shape index (κ1) is 20.8. The minimum absolute atomic E-state index is 0.0653. The number of carbonyl (C=O) groups excluding carboxylic acids is 2. The molecule has 6 heteroatoms. The minimum Gasteiger partial charge on any atom is -0.459 e. The molecule has 0 unspecified atom stereocenters. The molecule has 2 aromatic carbocycles. The number of fused-ring (bicyclic) bond motifs is 2. The summed E-state index contributed by atoms with van der Waals surface area (Å²) in [5.74, 6) is -1.04. The molecule has 1 aliphatic carbocycles. The molecule has 0 saturated carbocycles. The summed E-state index contributed by atoms with van der Waals surface area (Å²) in [6.07, 6.45) is 3.05. The fourth-order valence-electron chi connectivity index (χ4n) is 3.96. The summed E-state index contributed by atoms with van der Waals surface area (Å²) in [5, 5.41) is 3.54. The molecule has 3 aromatic rings. The molecule has 1 heterocycles. The Morgan fingerprint density at radius 2 is 1.77 bits per heavy atom. The van der Waals surface area contributed by atoms with Crippen molar-refractivity contribution in [3.05, 3.63) is 81.2 Å². The van der Waals surface area contributed by atoms with E-state index in [1.54, 1.807) is 24.3 Å². The van der Waals surface area contributed by atoms with Crippen LogP contribution in [0, 0.1) is 5.92 Å². The van der Waals surface area contributed by atoms with E-state index in [0.29, 0.717) is 16.7 Å². The lowest BCUT2D eigenvalue weighted by molar-refractivity contribution is -0.148. The van der Waals surface area contributed by atoms with Gasteiger partial charge in [-0.3, -0.25) is 4.79 Å². The minimum atomic E-state index is -0.802. The van der Waals surface area contributed by atoms with Gasteiger partial charge in [-0.05, 0) is 60.6 Å². The van der Waals surface area contributed by atoms with Crippen LogP contribution in [0.5, 0.6) is 0 Å². The van der Waals surface area contributed by atoms with E-state index in [1.165, 1.54) is 17.2 Å². The average Bonchev–Trinajstić information content (AvgIpc) is 3.21. The zero-order chi connectivity index (χ0) is 22.0. The summed E-state index contributed by atoms with van der Waals surface area (Å²) in [6.45, 7) is 3.62. The number of benzene rings is 2. The van der Waals surface area contributed by atoms with Gasteiger partial charge in [-0.1, -0.05) is 32.0 Å². The predicted molar refractivity (Wildman–Crippen MR) is 117 cm³/mol. The van der Waals surface area contributed by atoms with Crippen LogP contribution in [0.25, 0.3) is 11.0 Å². The molecule has 0 saturated heterocycles. The maximum absolute atomic E-state index is 12.8. The molecule has 0 bridgehead atoms. The highest BCUT2D eigenvalue weighted by atomic mass is 16.5. The molecular formula is C25H25NO5. The summed E-state index contributed by atoms with van der Waals surface area (Å²) in [4.78, 5) is 37.3. The second-order valence-electron chi connectivity index (χ2n) is 8.23. The Bertz CT molecular complexity index is 1180. The van der Waals surface area contributed by atoms with E-state index in [1.807, 2.05) is 32.0 Å². The quantitative estimate of drug-likeness (QED) is 0.485. The molecule has 6 nitrogen and oxygen atoms in total. The fraction of sp³-hybridized carbons (Fsp3) is 0.320. The first-order valence-electron chi connectivity index (χ1n) is 10.5. The van der Waals surface area contributed by atoms with Crippen molar-refractivity contribution in [3.63, 3.8) is 0 Å². The third kappa shape index (κ3) is 4.53. The van der Waals surface area contributed by atoms with Gasteiger partial charge in [0.2, 0.25) is 0 Å². The third-order valence-electron chi connectivity index (χ3n) is 5.66. The SMILES string of the molecule is CC(C)[C@H](NC(=O)c1ccccc1)C(=O)OCc1cc(=O)oc2cc3c(cc12)CCC3. The van der Waals surface area contributed by atoms with Gasteiger partial charge in [0.25, 0.3) is 5.91 Å². The van der Waals surface area contributed by atoms with E-state index in [0.717, 1.165) is 24.6 Å². The van der Waals surface area contributed by atoms with E-state index in [9.17, 15) is 14.4 Å². The maximum Gasteiger partial charge on any atom is 0.336 e. The van der Waals surface area contributed by atoms with Gasteiger partial charge in [0.05, 0.1) is 0 Å². The van der Waals surface area contributed by atoms with Gasteiger partial charge >= 0.3 is 11.6 Å². The van der Waals surface area contributed by atoms with E-state index >= 15 is 0 Å². The van der Waals surface area contributed by atoms with Crippen molar-refractivity contribution < 1.29 is 18.7 Å². The number of aryl methyl sites for hydroxylation is 2. The van der Waals surface area contributed by atoms with Crippen LogP contribution >= 0.6 is 0 Å². The number of amides is 1. The predicted octanol–water partition coefficient (Wildman–Crippen LogP) is 3.78. The van der Waals surface area contributed by atoms with Crippen LogP contribution in [0.2, 0.25) is 0 Å². The topological polar surface area (TPSA) is 85.6 Å². The lowest BCUT2D eigenvalue weighted by Gasteiger charge is -2.21. The molecule has 0 spiro atoms. The number of rotatable bonds is 6. The highest BCUT2D eigenvalue weighted by Crippen LogP contribution is 2.28. The van der Waals surface area contributed by atoms with Gasteiger partial charge in [-0.2, -0.15) is 0 Å². The van der Waals surface area contributed by atoms with Gasteiger partial charge in [-0.25, -0.2) is 9.59 Å². The van der Waals surface area contributed by atoms with E-state index in [-0.39, 0.29) is 18.4 Å². The highest BCUT2D eigenvalue weighted by Gasteiger charge is 2.26. The number of ether oxygens (including phenoxy) is 1. The maximum atomic E-state index is 12.8. The smallest absolute Gasteiger partial charge is 0.336 e. The summed E-state index contributed by atoms with van der Waals surface area (Å²) in [6, 6.07) is 13.2. The second-order valence-corrected chi connectivity index (χ2v) is 8.23. The van der Waals surface area contributed by atoms with E-state index in [2.05, 4.69) is 5.32 Å². The Morgan fingerprint density at radius 3 is 2.48 bits per heavy atom. The van der Waals surface area contributed by atoms with Crippen molar-refractivity contribution in [2.45, 2.75) is 45.8 Å². The highest BCUT2D eigenvalue weighted by molar-refractivity contribution is 5.96. The molecule has 0 radical (unpaired) electrons. The van der Waals surface area contributed by atoms with Crippen LogP contribution in [0.1, 0.15) is 47.3 Å². The molecule has 1 N–H and O–H groups in total. The van der Waals surface area contributed by atoms with Crippen LogP contribution < -0.4 is 10.9 Å². The van der Waals surface area contributed by atoms with Gasteiger partial charge in [0.15, 0.2) is 0 Å². The van der Waals surface area contributed by atoms with E-state index < -0.39 is 17.6 Å². The summed E-state index contributed by atoms with van der Waals surface area (Å²) >= 11 is 0. The lowest BCUT2D eigenvalue weighted by Crippen LogP contribution is -2.45. The molecular weight excluding hydrogens is 394 g/mol. The lowest BCUT2D eigenvalue weighted by atomic mass is 10.0. The van der Waals surface area contributed by atoms with Crippen LogP contribution in [0.15, 0.2) is 57.7 Å². The summed E-state index contributed by atoms with van der Waals surface area (Å²) in [7, 11) is 0. The molecule has 1 aromatic heterocycles. The van der Waals surface area contributed by atoms with Crippen LogP contribution in [0.4, 0.5) is 0 Å². The fourth-order valence-corrected chi connectivity index (χ4v) is 3.96. The van der Waals surface area contributed by atoms with Crippen molar-refractivity contribution in [2.24, 2.45) is 5.92 Å². The standard InChI is InChI=1S/C25H25NO5/c1-15(2)23(26-24(28)16-7-4-3-5-8-16)25(29)30-14-19-13-22(27)31-21-12-18-10-6-9-17(18)11-20(19)21/h3-5,7-8,11-13,15,23H,6,9-10,14H2,1-2H3,(H,26,28)/t23-/m0/s1. The van der Waals surface area contributed by atoms with Gasteiger partial charge in [0, 0.05) is 22.6 Å². The Labute approximate surface area is 180 Å². The van der Waals surface area contributed by atoms with Gasteiger partial charge < -0.3 is 14.5 Å². The molecule has 4 rings (SSSR count). The first-order valence-corrected chi connectivity index (χ1v) is 10.5. The van der Waals surface area contributed by atoms with Crippen molar-refractivity contribution in [1.82, 2.24) is 5.32 Å². The molecule has 1 amide bonds. The molecule has 1 aliphatic rings. The molecule has 31 heavy (non-hydrogen) atoms. The van der Waals surface area contributed by atoms with Crippen LogP contribution in [0.3, 0.4) is 0 Å². The Balaban J connectivity index is 1.52. The van der Waals surface area contributed by atoms with Gasteiger partial charge in [-0.15, -0.1) is 0 Å². The zero-order valence-electron chi connectivity index (χ0n) is 17.6. The number of hydrogen-bond donors (Lipinski definition) is 1. The molecule has 0 aliphatic heterocycles. The van der Waals surface area contributed by atoms with Crippen LogP contribution in [-0.2, 0) is 29.0 Å². The Hall–Kier alpha value is -3.41. The number of carbonyl (C=O) groups is 2. The average molecular weight is 419 g/mol. The van der Waals surface area contributed by atoms with Crippen molar-refractivity contribution in [1.29, 1.82) is 0 Å². The summed E-state index contributed by atoms with van der Waals surface area (Å²) in [5.41, 5.74) is 3.55. The Kier molecular flexibility index (Phi) is 5.89. The van der Waals surface area contributed by atoms with E-state index in [4.69, 9.17) is 9.15 Å². The normalized spacial score (nSPS) is 13.8. The number of nitrogens with one attached hydrogen (secondary N) is 1. The zero-order valence-corrected chi connectivity index (χ0v) is 17.6.